The standard InChI is InChI=1S/C23H28N2O4S/c1-29-18-6-4-16(5-7-18)22(27)17-8-11-24(12-9-17)19-10-13-25(15-20(19)26)23(28)21-3-2-14-30-21/h2-7,14,17,19-20,26H,8-13,15H2,1H3/t19-,20-/m1/s1. The van der Waals surface area contributed by atoms with Crippen molar-refractivity contribution >= 4 is 23.0 Å². The van der Waals surface area contributed by atoms with Crippen LogP contribution in [0.3, 0.4) is 0 Å². The maximum atomic E-state index is 12.8. The Morgan fingerprint density at radius 3 is 2.40 bits per heavy atom. The minimum atomic E-state index is -0.559. The van der Waals surface area contributed by atoms with Gasteiger partial charge in [-0.25, -0.2) is 0 Å². The molecule has 0 aliphatic carbocycles. The zero-order valence-corrected chi connectivity index (χ0v) is 18.0. The lowest BCUT2D eigenvalue weighted by molar-refractivity contribution is -0.0184. The van der Waals surface area contributed by atoms with Gasteiger partial charge >= 0.3 is 0 Å². The van der Waals surface area contributed by atoms with Crippen molar-refractivity contribution in [2.45, 2.75) is 31.4 Å². The first kappa shape index (κ1) is 21.0. The summed E-state index contributed by atoms with van der Waals surface area (Å²) in [6.07, 6.45) is 1.80. The number of Topliss-reactive ketones (excluding diaryl/α,β-unsaturated/α-hetero) is 1. The van der Waals surface area contributed by atoms with E-state index in [1.807, 2.05) is 41.8 Å². The van der Waals surface area contributed by atoms with Crippen LogP contribution in [0.4, 0.5) is 0 Å². The molecule has 30 heavy (non-hydrogen) atoms. The van der Waals surface area contributed by atoms with Gasteiger partial charge < -0.3 is 14.7 Å². The summed E-state index contributed by atoms with van der Waals surface area (Å²) in [5, 5.41) is 12.6. The number of hydrogen-bond donors (Lipinski definition) is 1. The van der Waals surface area contributed by atoms with Crippen molar-refractivity contribution < 1.29 is 19.4 Å². The number of carbonyl (C=O) groups excluding carboxylic acids is 2. The number of methoxy groups -OCH3 is 1. The molecule has 160 valence electrons. The third-order valence-electron chi connectivity index (χ3n) is 6.31. The maximum absolute atomic E-state index is 12.8. The summed E-state index contributed by atoms with van der Waals surface area (Å²) in [5.74, 6) is 0.965. The number of carbonyl (C=O) groups is 2. The molecule has 2 atom stereocenters. The van der Waals surface area contributed by atoms with E-state index >= 15 is 0 Å². The molecule has 0 radical (unpaired) electrons. The summed E-state index contributed by atoms with van der Waals surface area (Å²) >= 11 is 1.44. The van der Waals surface area contributed by atoms with Crippen LogP contribution in [0.15, 0.2) is 41.8 Å². The highest BCUT2D eigenvalue weighted by atomic mass is 32.1. The molecule has 0 unspecified atom stereocenters. The van der Waals surface area contributed by atoms with Gasteiger partial charge in [0, 0.05) is 30.6 Å². The number of benzene rings is 1. The van der Waals surface area contributed by atoms with Crippen LogP contribution in [0.1, 0.15) is 39.3 Å². The van der Waals surface area contributed by atoms with Crippen molar-refractivity contribution in [1.29, 1.82) is 0 Å². The fraction of sp³-hybridized carbons (Fsp3) is 0.478. The van der Waals surface area contributed by atoms with Gasteiger partial charge in [0.05, 0.1) is 18.1 Å². The molecule has 7 heteroatoms. The summed E-state index contributed by atoms with van der Waals surface area (Å²) in [7, 11) is 1.61. The third-order valence-corrected chi connectivity index (χ3v) is 7.17. The van der Waals surface area contributed by atoms with Gasteiger partial charge in [-0.05, 0) is 68.1 Å². The van der Waals surface area contributed by atoms with Gasteiger partial charge in [-0.15, -0.1) is 11.3 Å². The Labute approximate surface area is 181 Å². The fourth-order valence-electron chi connectivity index (χ4n) is 4.57. The highest BCUT2D eigenvalue weighted by molar-refractivity contribution is 7.12. The van der Waals surface area contributed by atoms with E-state index < -0.39 is 6.10 Å². The number of thiophene rings is 1. The van der Waals surface area contributed by atoms with E-state index in [1.54, 1.807) is 12.0 Å². The summed E-state index contributed by atoms with van der Waals surface area (Å²) in [5.41, 5.74) is 0.731. The minimum absolute atomic E-state index is 0.00583. The van der Waals surface area contributed by atoms with Gasteiger partial charge in [0.1, 0.15) is 5.75 Å². The van der Waals surface area contributed by atoms with E-state index in [9.17, 15) is 14.7 Å². The highest BCUT2D eigenvalue weighted by Gasteiger charge is 2.36. The molecule has 4 rings (SSSR count). The zero-order chi connectivity index (χ0) is 21.1. The summed E-state index contributed by atoms with van der Waals surface area (Å²) < 4.78 is 5.16. The second kappa shape index (κ2) is 9.29. The Morgan fingerprint density at radius 2 is 1.80 bits per heavy atom. The van der Waals surface area contributed by atoms with Crippen molar-refractivity contribution in [2.24, 2.45) is 5.92 Å². The lowest BCUT2D eigenvalue weighted by atomic mass is 9.87. The molecule has 6 nitrogen and oxygen atoms in total. The van der Waals surface area contributed by atoms with Crippen LogP contribution >= 0.6 is 11.3 Å². The van der Waals surface area contributed by atoms with E-state index in [1.165, 1.54) is 11.3 Å². The van der Waals surface area contributed by atoms with Crippen LogP contribution in [0.5, 0.6) is 5.75 Å². The van der Waals surface area contributed by atoms with E-state index in [4.69, 9.17) is 4.74 Å². The van der Waals surface area contributed by atoms with Crippen molar-refractivity contribution in [2.75, 3.05) is 33.3 Å². The summed E-state index contributed by atoms with van der Waals surface area (Å²) in [4.78, 5) is 30.2. The number of piperidine rings is 2. The Balaban J connectivity index is 1.30. The number of aliphatic hydroxyl groups excluding tert-OH is 1. The monoisotopic (exact) mass is 428 g/mol. The topological polar surface area (TPSA) is 70.1 Å². The van der Waals surface area contributed by atoms with E-state index in [0.29, 0.717) is 13.1 Å². The normalized spacial score (nSPS) is 23.3. The lowest BCUT2D eigenvalue weighted by Gasteiger charge is -2.44. The van der Waals surface area contributed by atoms with Gasteiger partial charge in [-0.2, -0.15) is 0 Å². The minimum Gasteiger partial charge on any atom is -0.497 e. The van der Waals surface area contributed by atoms with Gasteiger partial charge in [-0.1, -0.05) is 6.07 Å². The van der Waals surface area contributed by atoms with Crippen LogP contribution in [-0.4, -0.2) is 72.0 Å². The Bertz CT molecular complexity index is 860. The van der Waals surface area contributed by atoms with Crippen molar-refractivity contribution in [3.8, 4) is 5.75 Å². The maximum Gasteiger partial charge on any atom is 0.264 e. The first-order valence-corrected chi connectivity index (χ1v) is 11.4. The Hall–Kier alpha value is -2.22. The lowest BCUT2D eigenvalue weighted by Crippen LogP contribution is -2.57. The molecule has 2 aromatic rings. The van der Waals surface area contributed by atoms with Crippen molar-refractivity contribution in [3.05, 3.63) is 52.2 Å². The molecule has 0 spiro atoms. The molecule has 2 saturated heterocycles. The molecule has 1 N–H and O–H groups in total. The number of ketones is 1. The molecule has 0 saturated carbocycles. The molecule has 3 heterocycles. The quantitative estimate of drug-likeness (QED) is 0.742. The van der Waals surface area contributed by atoms with Crippen LogP contribution in [0.2, 0.25) is 0 Å². The first-order valence-electron chi connectivity index (χ1n) is 10.5. The van der Waals surface area contributed by atoms with Crippen LogP contribution in [-0.2, 0) is 0 Å². The van der Waals surface area contributed by atoms with Crippen LogP contribution < -0.4 is 4.74 Å². The average Bonchev–Trinajstić information content (AvgIpc) is 3.33. The average molecular weight is 429 g/mol. The van der Waals surface area contributed by atoms with E-state index in [2.05, 4.69) is 4.90 Å². The van der Waals surface area contributed by atoms with E-state index in [0.717, 1.165) is 48.5 Å². The molecule has 1 aromatic heterocycles. The number of likely N-dealkylation sites (tertiary alicyclic amines) is 2. The number of ether oxygens (including phenoxy) is 1. The number of β-amino-alcohol motifs (C(OH)–C–C–N with tert-alkyl or cyclic N) is 1. The first-order chi connectivity index (χ1) is 14.6. The Morgan fingerprint density at radius 1 is 1.07 bits per heavy atom. The largest absolute Gasteiger partial charge is 0.497 e. The highest BCUT2D eigenvalue weighted by Crippen LogP contribution is 2.27. The second-order valence-corrected chi connectivity index (χ2v) is 9.00. The third kappa shape index (κ3) is 4.43. The fourth-order valence-corrected chi connectivity index (χ4v) is 5.26. The smallest absolute Gasteiger partial charge is 0.264 e. The number of amides is 1. The molecule has 1 amide bonds. The van der Waals surface area contributed by atoms with Gasteiger partial charge in [0.25, 0.3) is 5.91 Å². The molecule has 1 aromatic carbocycles. The molecular weight excluding hydrogens is 400 g/mol. The number of nitrogens with zero attached hydrogens (tertiary/aromatic N) is 2. The van der Waals surface area contributed by atoms with Crippen LogP contribution in [0.25, 0.3) is 0 Å². The SMILES string of the molecule is COc1ccc(C(=O)C2CCN([C@@H]3CCN(C(=O)c4cccs4)C[C@H]3O)CC2)cc1. The number of hydrogen-bond acceptors (Lipinski definition) is 6. The van der Waals surface area contributed by atoms with Gasteiger partial charge in [0.15, 0.2) is 5.78 Å². The second-order valence-electron chi connectivity index (χ2n) is 8.05. The predicted octanol–water partition coefficient (Wildman–Crippen LogP) is 2.93. The number of rotatable bonds is 5. The molecule has 2 fully saturated rings. The van der Waals surface area contributed by atoms with Gasteiger partial charge in [0.2, 0.25) is 0 Å². The van der Waals surface area contributed by atoms with Crippen molar-refractivity contribution in [3.63, 3.8) is 0 Å². The predicted molar refractivity (Wildman–Crippen MR) is 116 cm³/mol. The number of aliphatic hydroxyl groups is 1. The van der Waals surface area contributed by atoms with E-state index in [-0.39, 0.29) is 23.7 Å². The summed E-state index contributed by atoms with van der Waals surface area (Å²) in [6.45, 7) is 2.62. The van der Waals surface area contributed by atoms with Crippen molar-refractivity contribution in [1.82, 2.24) is 9.80 Å². The Kier molecular flexibility index (Phi) is 6.51. The van der Waals surface area contributed by atoms with Gasteiger partial charge in [-0.3, -0.25) is 14.5 Å². The van der Waals surface area contributed by atoms with Crippen LogP contribution in [0, 0.1) is 5.92 Å². The molecule has 2 aliphatic heterocycles. The molecule has 0 bridgehead atoms. The molecule has 2 aliphatic rings. The zero-order valence-electron chi connectivity index (χ0n) is 17.2. The molecular formula is C23H28N2O4S. The summed E-state index contributed by atoms with van der Waals surface area (Å²) in [6, 6.07) is 11.1.